The molecule has 3 aromatic rings. The second kappa shape index (κ2) is 8.63. The topological polar surface area (TPSA) is 93.5 Å². The first-order valence-electron chi connectivity index (χ1n) is 9.98. The minimum absolute atomic E-state index is 0.0965. The first kappa shape index (κ1) is 23.0. The predicted octanol–water partition coefficient (Wildman–Crippen LogP) is 2.69. The maximum atomic E-state index is 12.9. The van der Waals surface area contributed by atoms with Gasteiger partial charge in [-0.3, -0.25) is 4.57 Å². The molecule has 1 aliphatic rings. The molecule has 0 aliphatic carbocycles. The van der Waals surface area contributed by atoms with E-state index in [1.54, 1.807) is 6.33 Å². The third-order valence-corrected chi connectivity index (χ3v) is 7.31. The van der Waals surface area contributed by atoms with E-state index >= 15 is 0 Å². The van der Waals surface area contributed by atoms with Gasteiger partial charge in [0.2, 0.25) is 10.0 Å². The van der Waals surface area contributed by atoms with Gasteiger partial charge in [0, 0.05) is 37.9 Å². The van der Waals surface area contributed by atoms with Gasteiger partial charge >= 0.3 is 6.36 Å². The number of piperazine rings is 1. The summed E-state index contributed by atoms with van der Waals surface area (Å²) in [6.45, 7) is 5.04. The zero-order valence-electron chi connectivity index (χ0n) is 17.8. The summed E-state index contributed by atoms with van der Waals surface area (Å²) in [7, 11) is -3.86. The summed E-state index contributed by atoms with van der Waals surface area (Å²) in [4.78, 5) is 14.8. The van der Waals surface area contributed by atoms with E-state index in [2.05, 4.69) is 19.7 Å². The minimum atomic E-state index is -4.84. The van der Waals surface area contributed by atoms with Gasteiger partial charge in [0.1, 0.15) is 30.0 Å². The largest absolute Gasteiger partial charge is 0.573 e. The van der Waals surface area contributed by atoms with Crippen molar-refractivity contribution in [1.82, 2.24) is 23.8 Å². The number of aromatic nitrogens is 4. The van der Waals surface area contributed by atoms with Crippen molar-refractivity contribution in [2.75, 3.05) is 31.1 Å². The van der Waals surface area contributed by atoms with Crippen LogP contribution in [-0.4, -0.2) is 64.8 Å². The van der Waals surface area contributed by atoms with Crippen LogP contribution in [0.5, 0.6) is 5.75 Å². The summed E-state index contributed by atoms with van der Waals surface area (Å²) >= 11 is 0. The molecule has 4 rings (SSSR count). The molecule has 0 amide bonds. The van der Waals surface area contributed by atoms with Crippen LogP contribution in [0.15, 0.2) is 47.9 Å². The van der Waals surface area contributed by atoms with Gasteiger partial charge in [0.15, 0.2) is 0 Å². The van der Waals surface area contributed by atoms with E-state index in [9.17, 15) is 21.6 Å². The van der Waals surface area contributed by atoms with Crippen LogP contribution in [0.25, 0.3) is 5.82 Å². The number of imidazole rings is 1. The molecule has 0 atom stereocenters. The highest BCUT2D eigenvalue weighted by Gasteiger charge is 2.32. The van der Waals surface area contributed by atoms with E-state index in [0.29, 0.717) is 24.7 Å². The first-order chi connectivity index (χ1) is 15.5. The Morgan fingerprint density at radius 2 is 1.58 bits per heavy atom. The molecule has 2 aromatic heterocycles. The lowest BCUT2D eigenvalue weighted by Crippen LogP contribution is -2.48. The third kappa shape index (κ3) is 4.93. The van der Waals surface area contributed by atoms with Gasteiger partial charge in [0.05, 0.1) is 10.6 Å². The number of benzene rings is 1. The normalized spacial score (nSPS) is 15.6. The molecule has 1 aromatic carbocycles. The highest BCUT2D eigenvalue weighted by atomic mass is 32.2. The Kier molecular flexibility index (Phi) is 6.01. The van der Waals surface area contributed by atoms with Crippen molar-refractivity contribution < 1.29 is 26.3 Å². The zero-order valence-corrected chi connectivity index (χ0v) is 18.6. The van der Waals surface area contributed by atoms with Gasteiger partial charge in [-0.15, -0.1) is 13.2 Å². The number of alkyl halides is 3. The monoisotopic (exact) mass is 482 g/mol. The molecule has 0 bridgehead atoms. The van der Waals surface area contributed by atoms with Gasteiger partial charge in [-0.1, -0.05) is 0 Å². The smallest absolute Gasteiger partial charge is 0.406 e. The second-order valence-electron chi connectivity index (χ2n) is 7.43. The summed E-state index contributed by atoms with van der Waals surface area (Å²) in [6.07, 6.45) is -1.70. The van der Waals surface area contributed by atoms with Crippen molar-refractivity contribution in [1.29, 1.82) is 0 Å². The maximum absolute atomic E-state index is 12.9. The molecular weight excluding hydrogens is 461 g/mol. The number of anilines is 1. The highest BCUT2D eigenvalue weighted by Crippen LogP contribution is 2.26. The molecule has 0 radical (unpaired) electrons. The van der Waals surface area contributed by atoms with Crippen molar-refractivity contribution in [3.05, 3.63) is 54.4 Å². The van der Waals surface area contributed by atoms with Gasteiger partial charge in [0.25, 0.3) is 0 Å². The SMILES string of the molecule is Cc1ncn(-c2cc(N3CCN(S(=O)(=O)c4ccc(OC(F)(F)F)cc4)CC3)ncn2)c1C. The Hall–Kier alpha value is -3.19. The molecule has 33 heavy (non-hydrogen) atoms. The molecule has 13 heteroatoms. The number of aryl methyl sites for hydroxylation is 1. The van der Waals surface area contributed by atoms with Crippen LogP contribution >= 0.6 is 0 Å². The van der Waals surface area contributed by atoms with Crippen LogP contribution in [0.4, 0.5) is 19.0 Å². The van der Waals surface area contributed by atoms with E-state index < -0.39 is 22.1 Å². The number of halogens is 3. The van der Waals surface area contributed by atoms with Crippen molar-refractivity contribution in [3.8, 4) is 11.6 Å². The Morgan fingerprint density at radius 3 is 2.15 bits per heavy atom. The van der Waals surface area contributed by atoms with Crippen LogP contribution in [0.1, 0.15) is 11.4 Å². The lowest BCUT2D eigenvalue weighted by Gasteiger charge is -2.34. The molecule has 0 spiro atoms. The van der Waals surface area contributed by atoms with E-state index in [1.807, 2.05) is 29.4 Å². The number of rotatable bonds is 5. The van der Waals surface area contributed by atoms with Gasteiger partial charge in [-0.05, 0) is 38.1 Å². The van der Waals surface area contributed by atoms with Gasteiger partial charge in [-0.25, -0.2) is 23.4 Å². The molecular formula is C20H21F3N6O3S. The van der Waals surface area contributed by atoms with Gasteiger partial charge in [-0.2, -0.15) is 4.31 Å². The number of nitrogens with zero attached hydrogens (tertiary/aromatic N) is 6. The number of hydrogen-bond acceptors (Lipinski definition) is 7. The van der Waals surface area contributed by atoms with Crippen molar-refractivity contribution in [2.24, 2.45) is 0 Å². The number of hydrogen-bond donors (Lipinski definition) is 0. The lowest BCUT2D eigenvalue weighted by molar-refractivity contribution is -0.274. The van der Waals surface area contributed by atoms with Crippen LogP contribution < -0.4 is 9.64 Å². The average Bonchev–Trinajstić information content (AvgIpc) is 3.11. The Labute approximate surface area is 188 Å². The Bertz CT molecular complexity index is 1240. The average molecular weight is 482 g/mol. The standard InChI is InChI=1S/C20H21F3N6O3S/c1-14-15(2)29(13-26-14)19-11-18(24-12-25-19)27-7-9-28(10-8-27)33(30,31)17-5-3-16(4-6-17)32-20(21,22)23/h3-6,11-13H,7-10H2,1-2H3. The molecule has 0 N–H and O–H groups in total. The Morgan fingerprint density at radius 1 is 0.939 bits per heavy atom. The summed E-state index contributed by atoms with van der Waals surface area (Å²) in [5.41, 5.74) is 1.86. The fourth-order valence-corrected chi connectivity index (χ4v) is 4.91. The van der Waals surface area contributed by atoms with Crippen molar-refractivity contribution in [2.45, 2.75) is 25.1 Å². The molecule has 0 saturated carbocycles. The van der Waals surface area contributed by atoms with E-state index in [1.165, 1.54) is 10.6 Å². The van der Waals surface area contributed by atoms with Crippen LogP contribution in [0, 0.1) is 13.8 Å². The third-order valence-electron chi connectivity index (χ3n) is 5.39. The second-order valence-corrected chi connectivity index (χ2v) is 9.37. The summed E-state index contributed by atoms with van der Waals surface area (Å²) in [6, 6.07) is 6.00. The predicted molar refractivity (Wildman–Crippen MR) is 113 cm³/mol. The van der Waals surface area contributed by atoms with E-state index in [0.717, 1.165) is 35.7 Å². The van der Waals surface area contributed by atoms with Crippen LogP contribution in [0.3, 0.4) is 0 Å². The molecule has 9 nitrogen and oxygen atoms in total. The summed E-state index contributed by atoms with van der Waals surface area (Å²) < 4.78 is 69.7. The van der Waals surface area contributed by atoms with E-state index in [4.69, 9.17) is 0 Å². The lowest BCUT2D eigenvalue weighted by atomic mass is 10.3. The van der Waals surface area contributed by atoms with Crippen molar-refractivity contribution >= 4 is 15.8 Å². The van der Waals surface area contributed by atoms with Crippen LogP contribution in [-0.2, 0) is 10.0 Å². The quantitative estimate of drug-likeness (QED) is 0.552. The number of ether oxygens (including phenoxy) is 1. The Balaban J connectivity index is 1.44. The van der Waals surface area contributed by atoms with Gasteiger partial charge < -0.3 is 9.64 Å². The molecule has 1 fully saturated rings. The highest BCUT2D eigenvalue weighted by molar-refractivity contribution is 7.89. The number of sulfonamides is 1. The first-order valence-corrected chi connectivity index (χ1v) is 11.4. The molecule has 1 aliphatic heterocycles. The maximum Gasteiger partial charge on any atom is 0.573 e. The van der Waals surface area contributed by atoms with Crippen molar-refractivity contribution in [3.63, 3.8) is 0 Å². The minimum Gasteiger partial charge on any atom is -0.406 e. The van der Waals surface area contributed by atoms with Crippen LogP contribution in [0.2, 0.25) is 0 Å². The fourth-order valence-electron chi connectivity index (χ4n) is 3.49. The molecule has 0 unspecified atom stereocenters. The zero-order chi connectivity index (χ0) is 23.8. The van der Waals surface area contributed by atoms with E-state index in [-0.39, 0.29) is 18.0 Å². The molecule has 176 valence electrons. The summed E-state index contributed by atoms with van der Waals surface area (Å²) in [5, 5.41) is 0. The summed E-state index contributed by atoms with van der Waals surface area (Å²) in [5.74, 6) is 0.847. The molecule has 3 heterocycles. The molecule has 1 saturated heterocycles. The fraction of sp³-hybridized carbons (Fsp3) is 0.350.